The molecular formula is C34H58N4O3S. The van der Waals surface area contributed by atoms with Crippen molar-refractivity contribution in [1.29, 1.82) is 0 Å². The highest BCUT2D eigenvalue weighted by Gasteiger charge is 2.55. The van der Waals surface area contributed by atoms with Crippen molar-refractivity contribution in [1.82, 2.24) is 20.3 Å². The molecule has 4 aliphatic rings. The van der Waals surface area contributed by atoms with E-state index in [1.807, 2.05) is 25.8 Å². The monoisotopic (exact) mass is 602 g/mol. The van der Waals surface area contributed by atoms with E-state index in [4.69, 9.17) is 4.74 Å². The molecule has 4 bridgehead atoms. The van der Waals surface area contributed by atoms with E-state index in [1.165, 1.54) is 42.4 Å². The molecule has 1 aromatic carbocycles. The Morgan fingerprint density at radius 3 is 2.40 bits per heavy atom. The van der Waals surface area contributed by atoms with Crippen LogP contribution in [0.1, 0.15) is 109 Å². The minimum Gasteiger partial charge on any atom is -0.396 e. The first-order valence-corrected chi connectivity index (χ1v) is 17.3. The highest BCUT2D eigenvalue weighted by Crippen LogP contribution is 2.52. The van der Waals surface area contributed by atoms with Crippen LogP contribution in [0.5, 0.6) is 0 Å². The summed E-state index contributed by atoms with van der Waals surface area (Å²) in [4.78, 5) is 2.76. The van der Waals surface area contributed by atoms with Gasteiger partial charge in [0, 0.05) is 41.8 Å². The van der Waals surface area contributed by atoms with E-state index in [-0.39, 0.29) is 36.6 Å². The van der Waals surface area contributed by atoms with Crippen molar-refractivity contribution >= 4 is 11.9 Å². The Bertz CT molecular complexity index is 1030. The number of nitrogens with zero attached hydrogens (tertiary/aromatic N) is 1. The fourth-order valence-electron chi connectivity index (χ4n) is 8.23. The number of benzene rings is 1. The quantitative estimate of drug-likeness (QED) is 0.287. The van der Waals surface area contributed by atoms with Gasteiger partial charge in [0.15, 0.2) is 0 Å². The molecule has 6 atom stereocenters. The molecule has 0 radical (unpaired) electrons. The third kappa shape index (κ3) is 7.39. The molecule has 0 spiro atoms. The number of aliphatic hydroxyl groups is 2. The van der Waals surface area contributed by atoms with Crippen LogP contribution < -0.4 is 15.4 Å². The van der Waals surface area contributed by atoms with Gasteiger partial charge in [0.1, 0.15) is 12.5 Å². The summed E-state index contributed by atoms with van der Waals surface area (Å²) in [5, 5.41) is 29.6. The van der Waals surface area contributed by atoms with Crippen molar-refractivity contribution < 1.29 is 14.9 Å². The summed E-state index contributed by atoms with van der Waals surface area (Å²) in [6, 6.07) is 7.44. The molecule has 2 aliphatic heterocycles. The summed E-state index contributed by atoms with van der Waals surface area (Å²) in [5.74, 6) is 0.648. The number of ether oxygens (including phenoxy) is 1. The van der Waals surface area contributed by atoms with Crippen molar-refractivity contribution in [2.75, 3.05) is 19.8 Å². The summed E-state index contributed by atoms with van der Waals surface area (Å²) in [6.07, 6.45) is 8.52. The van der Waals surface area contributed by atoms with Crippen LogP contribution in [0, 0.1) is 30.6 Å². The molecule has 2 heterocycles. The van der Waals surface area contributed by atoms with Gasteiger partial charge in [-0.3, -0.25) is 15.5 Å². The van der Waals surface area contributed by atoms with Crippen LogP contribution >= 0.6 is 11.9 Å². The maximum Gasteiger partial charge on any atom is 0.123 e. The Balaban J connectivity index is 1.43. The highest BCUT2D eigenvalue weighted by atomic mass is 32.2. The summed E-state index contributed by atoms with van der Waals surface area (Å²) >= 11 is 1.90. The molecule has 2 aliphatic carbocycles. The Morgan fingerprint density at radius 1 is 1.05 bits per heavy atom. The average molecular weight is 603 g/mol. The molecule has 2 saturated heterocycles. The summed E-state index contributed by atoms with van der Waals surface area (Å²) in [7, 11) is 0. The number of nitrogens with one attached hydrogen (secondary N) is 3. The molecular weight excluding hydrogens is 544 g/mol. The van der Waals surface area contributed by atoms with Crippen LogP contribution in [0.25, 0.3) is 0 Å². The largest absolute Gasteiger partial charge is 0.396 e. The van der Waals surface area contributed by atoms with Crippen LogP contribution in [0.15, 0.2) is 18.2 Å². The van der Waals surface area contributed by atoms with Crippen molar-refractivity contribution in [3.05, 3.63) is 34.9 Å². The van der Waals surface area contributed by atoms with Crippen molar-refractivity contribution in [2.24, 2.45) is 16.7 Å². The van der Waals surface area contributed by atoms with Gasteiger partial charge < -0.3 is 14.9 Å². The van der Waals surface area contributed by atoms with Gasteiger partial charge >= 0.3 is 0 Å². The second kappa shape index (κ2) is 13.0. The first-order chi connectivity index (χ1) is 19.8. The number of hydrogen-bond donors (Lipinski definition) is 5. The normalized spacial score (nSPS) is 37.2. The molecule has 1 aromatic rings. The Labute approximate surface area is 259 Å². The predicted octanol–water partition coefficient (Wildman–Crippen LogP) is 5.38. The zero-order valence-corrected chi connectivity index (χ0v) is 28.0. The third-order valence-electron chi connectivity index (χ3n) is 10.7. The van der Waals surface area contributed by atoms with E-state index in [9.17, 15) is 10.2 Å². The Kier molecular flexibility index (Phi) is 10.1. The zero-order valence-electron chi connectivity index (χ0n) is 27.2. The SMILES string of the molecule is Cc1cccc(C)c1C1CC2NC(NSC3CCCC(C3)CN(C3CC(CO)(C(C)(C)O)C3)[C@H](CC(C)(C)C)CO2)N1. The lowest BCUT2D eigenvalue weighted by molar-refractivity contribution is -0.173. The molecule has 42 heavy (non-hydrogen) atoms. The fourth-order valence-corrected chi connectivity index (χ4v) is 9.34. The smallest absolute Gasteiger partial charge is 0.123 e. The molecule has 238 valence electrons. The maximum absolute atomic E-state index is 11.0. The summed E-state index contributed by atoms with van der Waals surface area (Å²) in [6.45, 7) is 17.0. The molecule has 0 aromatic heterocycles. The van der Waals surface area contributed by atoms with Gasteiger partial charge in [0.2, 0.25) is 0 Å². The second-order valence-electron chi connectivity index (χ2n) is 15.7. The topological polar surface area (TPSA) is 89.0 Å². The number of rotatable bonds is 5. The van der Waals surface area contributed by atoms with E-state index < -0.39 is 11.0 Å². The molecule has 5 rings (SSSR count). The summed E-state index contributed by atoms with van der Waals surface area (Å²) in [5.41, 5.74) is 2.88. The third-order valence-corrected chi connectivity index (χ3v) is 11.9. The molecule has 4 fully saturated rings. The number of aliphatic hydroxyl groups excluding tert-OH is 1. The van der Waals surface area contributed by atoms with Gasteiger partial charge in [-0.1, -0.05) is 57.3 Å². The zero-order chi connectivity index (χ0) is 30.3. The first kappa shape index (κ1) is 32.7. The first-order valence-electron chi connectivity index (χ1n) is 16.5. The van der Waals surface area contributed by atoms with E-state index in [0.717, 1.165) is 32.2 Å². The van der Waals surface area contributed by atoms with Crippen LogP contribution in [-0.4, -0.2) is 70.3 Å². The van der Waals surface area contributed by atoms with Crippen molar-refractivity contribution in [3.63, 3.8) is 0 Å². The molecule has 8 heteroatoms. The van der Waals surface area contributed by atoms with Crippen molar-refractivity contribution in [2.45, 2.75) is 141 Å². The number of hydrogen-bond acceptors (Lipinski definition) is 8. The average Bonchev–Trinajstić information content (AvgIpc) is 2.87. The molecule has 5 unspecified atom stereocenters. The molecule has 7 nitrogen and oxygen atoms in total. The van der Waals surface area contributed by atoms with Gasteiger partial charge in [0.25, 0.3) is 0 Å². The van der Waals surface area contributed by atoms with Crippen LogP contribution in [0.3, 0.4) is 0 Å². The maximum atomic E-state index is 11.0. The van der Waals surface area contributed by atoms with Gasteiger partial charge in [-0.25, -0.2) is 4.72 Å². The number of fused-ring (bicyclic) bond motifs is 4. The predicted molar refractivity (Wildman–Crippen MR) is 173 cm³/mol. The highest BCUT2D eigenvalue weighted by molar-refractivity contribution is 7.98. The van der Waals surface area contributed by atoms with E-state index >= 15 is 0 Å². The fraction of sp³-hybridized carbons (Fsp3) is 0.824. The van der Waals surface area contributed by atoms with Crippen molar-refractivity contribution in [3.8, 4) is 0 Å². The van der Waals surface area contributed by atoms with Crippen LogP contribution in [0.2, 0.25) is 0 Å². The molecule has 0 amide bonds. The number of aryl methyl sites for hydroxylation is 2. The lowest BCUT2D eigenvalue weighted by atomic mass is 9.57. The van der Waals surface area contributed by atoms with Gasteiger partial charge in [-0.2, -0.15) is 0 Å². The van der Waals surface area contributed by atoms with E-state index in [2.05, 4.69) is 73.1 Å². The lowest BCUT2D eigenvalue weighted by Crippen LogP contribution is -2.64. The Hall–Kier alpha value is -0.710. The lowest BCUT2D eigenvalue weighted by Gasteiger charge is -2.58. The molecule has 2 saturated carbocycles. The van der Waals surface area contributed by atoms with Crippen LogP contribution in [-0.2, 0) is 4.74 Å². The van der Waals surface area contributed by atoms with E-state index in [0.29, 0.717) is 23.8 Å². The second-order valence-corrected chi connectivity index (χ2v) is 16.9. The van der Waals surface area contributed by atoms with Gasteiger partial charge in [-0.05, 0) is 94.2 Å². The minimum atomic E-state index is -0.895. The Morgan fingerprint density at radius 2 is 1.76 bits per heavy atom. The van der Waals surface area contributed by atoms with Gasteiger partial charge in [0.05, 0.1) is 18.8 Å². The van der Waals surface area contributed by atoms with Gasteiger partial charge in [-0.15, -0.1) is 0 Å². The minimum absolute atomic E-state index is 0.0281. The standard InChI is InChI=1S/C34H58N4O3S/c1-22-10-8-11-23(2)30(22)28-15-29-36-31(35-28)37-42-27-13-9-12-24(14-27)19-38(26(20-41-29)16-32(3,4)5)25-17-34(18-25,21-39)33(6,7)40/h8,10-11,24-29,31,35-37,39-40H,9,12-21H2,1-7H3/t24?,25?,26-,27?,28?,29?,31?,34?/m1/s1. The van der Waals surface area contributed by atoms with E-state index in [1.54, 1.807) is 0 Å². The summed E-state index contributed by atoms with van der Waals surface area (Å²) < 4.78 is 10.7. The molecule has 5 N–H and O–H groups in total. The van der Waals surface area contributed by atoms with Crippen LogP contribution in [0.4, 0.5) is 0 Å².